The molecule has 1 spiro atoms. The first kappa shape index (κ1) is 11.4. The Labute approximate surface area is 95.0 Å². The second-order valence-electron chi connectivity index (χ2n) is 5.77. The van der Waals surface area contributed by atoms with Crippen molar-refractivity contribution in [2.75, 3.05) is 13.1 Å². The summed E-state index contributed by atoms with van der Waals surface area (Å²) in [5.74, 6) is 2.01. The van der Waals surface area contributed by atoms with E-state index in [0.717, 1.165) is 17.3 Å². The molecule has 1 saturated carbocycles. The molecule has 2 fully saturated rings. The highest BCUT2D eigenvalue weighted by atomic mass is 14.9. The zero-order valence-electron chi connectivity index (χ0n) is 10.5. The maximum absolute atomic E-state index is 3.58. The summed E-state index contributed by atoms with van der Waals surface area (Å²) in [6.07, 6.45) is 10.3. The third-order valence-corrected chi connectivity index (χ3v) is 5.23. The van der Waals surface area contributed by atoms with E-state index in [0.29, 0.717) is 0 Å². The van der Waals surface area contributed by atoms with Crippen LogP contribution in [0.3, 0.4) is 0 Å². The summed E-state index contributed by atoms with van der Waals surface area (Å²) in [5.41, 5.74) is 0.742. The average molecular weight is 209 g/mol. The Morgan fingerprint density at radius 1 is 1.07 bits per heavy atom. The second kappa shape index (κ2) is 4.86. The Balaban J connectivity index is 1.99. The van der Waals surface area contributed by atoms with Crippen molar-refractivity contribution in [2.45, 2.75) is 58.8 Å². The van der Waals surface area contributed by atoms with Crippen LogP contribution in [0.25, 0.3) is 0 Å². The lowest BCUT2D eigenvalue weighted by Gasteiger charge is -2.48. The molecule has 0 aromatic rings. The van der Waals surface area contributed by atoms with E-state index in [1.807, 2.05) is 0 Å². The van der Waals surface area contributed by atoms with E-state index < -0.39 is 0 Å². The Kier molecular flexibility index (Phi) is 3.71. The lowest BCUT2D eigenvalue weighted by atomic mass is 9.60. The van der Waals surface area contributed by atoms with E-state index >= 15 is 0 Å². The van der Waals surface area contributed by atoms with Crippen molar-refractivity contribution in [3.05, 3.63) is 0 Å². The third kappa shape index (κ3) is 2.22. The lowest BCUT2D eigenvalue weighted by Crippen LogP contribution is -2.46. The molecule has 0 aromatic heterocycles. The van der Waals surface area contributed by atoms with Gasteiger partial charge in [0.15, 0.2) is 0 Å². The average Bonchev–Trinajstić information content (AvgIpc) is 2.31. The Hall–Kier alpha value is -0.0400. The van der Waals surface area contributed by atoms with Crippen LogP contribution < -0.4 is 5.32 Å². The zero-order chi connectivity index (χ0) is 10.7. The molecule has 1 N–H and O–H groups in total. The Morgan fingerprint density at radius 2 is 1.80 bits per heavy atom. The Morgan fingerprint density at radius 3 is 2.40 bits per heavy atom. The predicted molar refractivity (Wildman–Crippen MR) is 65.9 cm³/mol. The molecule has 2 rings (SSSR count). The first-order chi connectivity index (χ1) is 7.30. The van der Waals surface area contributed by atoms with Crippen LogP contribution >= 0.6 is 0 Å². The van der Waals surface area contributed by atoms with Crippen LogP contribution in [0.15, 0.2) is 0 Å². The first-order valence-corrected chi connectivity index (χ1v) is 7.01. The van der Waals surface area contributed by atoms with Gasteiger partial charge in [0.25, 0.3) is 0 Å². The summed E-state index contributed by atoms with van der Waals surface area (Å²) >= 11 is 0. The molecule has 2 aliphatic rings. The van der Waals surface area contributed by atoms with Crippen molar-refractivity contribution in [1.29, 1.82) is 0 Å². The van der Waals surface area contributed by atoms with E-state index in [2.05, 4.69) is 19.2 Å². The van der Waals surface area contributed by atoms with Crippen LogP contribution in [0.1, 0.15) is 58.8 Å². The normalized spacial score (nSPS) is 42.0. The molecule has 0 amide bonds. The van der Waals surface area contributed by atoms with Crippen molar-refractivity contribution in [2.24, 2.45) is 17.3 Å². The second-order valence-corrected chi connectivity index (χ2v) is 5.77. The molecule has 1 atom stereocenters. The monoisotopic (exact) mass is 209 g/mol. The predicted octanol–water partition coefficient (Wildman–Crippen LogP) is 3.59. The highest BCUT2D eigenvalue weighted by Gasteiger charge is 2.41. The third-order valence-electron chi connectivity index (χ3n) is 5.23. The van der Waals surface area contributed by atoms with Crippen LogP contribution in [0, 0.1) is 17.3 Å². The van der Waals surface area contributed by atoms with Crippen LogP contribution in [-0.2, 0) is 0 Å². The largest absolute Gasteiger partial charge is 0.316 e. The van der Waals surface area contributed by atoms with Crippen molar-refractivity contribution in [3.8, 4) is 0 Å². The van der Waals surface area contributed by atoms with Gasteiger partial charge in [-0.2, -0.15) is 0 Å². The van der Waals surface area contributed by atoms with Gasteiger partial charge in [-0.15, -0.1) is 0 Å². The summed E-state index contributed by atoms with van der Waals surface area (Å²) < 4.78 is 0. The topological polar surface area (TPSA) is 12.0 Å². The standard InChI is InChI=1S/C14H27N/c1-3-12-5-7-14(8-6-12)9-10-15-11-13(14)4-2/h12-13,15H,3-11H2,1-2H3. The van der Waals surface area contributed by atoms with E-state index in [1.165, 1.54) is 58.0 Å². The van der Waals surface area contributed by atoms with Gasteiger partial charge >= 0.3 is 0 Å². The van der Waals surface area contributed by atoms with Crippen LogP contribution in [0.5, 0.6) is 0 Å². The summed E-state index contributed by atoms with van der Waals surface area (Å²) in [6.45, 7) is 7.30. The minimum Gasteiger partial charge on any atom is -0.316 e. The summed E-state index contributed by atoms with van der Waals surface area (Å²) in [4.78, 5) is 0. The number of rotatable bonds is 2. The number of hydrogen-bond acceptors (Lipinski definition) is 1. The molecule has 1 saturated heterocycles. The quantitative estimate of drug-likeness (QED) is 0.733. The van der Waals surface area contributed by atoms with E-state index in [4.69, 9.17) is 0 Å². The molecule has 0 radical (unpaired) electrons. The van der Waals surface area contributed by atoms with Gasteiger partial charge < -0.3 is 5.32 Å². The minimum atomic E-state index is 0.742. The van der Waals surface area contributed by atoms with Gasteiger partial charge in [-0.3, -0.25) is 0 Å². The molecule has 1 unspecified atom stereocenters. The van der Waals surface area contributed by atoms with Crippen molar-refractivity contribution in [1.82, 2.24) is 5.32 Å². The molecule has 15 heavy (non-hydrogen) atoms. The van der Waals surface area contributed by atoms with Gasteiger partial charge in [0.2, 0.25) is 0 Å². The number of hydrogen-bond donors (Lipinski definition) is 1. The molecule has 0 bridgehead atoms. The van der Waals surface area contributed by atoms with Crippen LogP contribution in [-0.4, -0.2) is 13.1 Å². The zero-order valence-corrected chi connectivity index (χ0v) is 10.5. The molecule has 1 heteroatoms. The smallest absolute Gasteiger partial charge is 0.00153 e. The first-order valence-electron chi connectivity index (χ1n) is 7.01. The maximum Gasteiger partial charge on any atom is -0.00153 e. The van der Waals surface area contributed by atoms with Crippen molar-refractivity contribution in [3.63, 3.8) is 0 Å². The molecule has 88 valence electrons. The fraction of sp³-hybridized carbons (Fsp3) is 1.00. The van der Waals surface area contributed by atoms with Crippen LogP contribution in [0.4, 0.5) is 0 Å². The van der Waals surface area contributed by atoms with E-state index in [1.54, 1.807) is 0 Å². The van der Waals surface area contributed by atoms with Crippen molar-refractivity contribution >= 4 is 0 Å². The number of piperidine rings is 1. The summed E-state index contributed by atoms with van der Waals surface area (Å²) in [5, 5.41) is 3.58. The van der Waals surface area contributed by atoms with Crippen LogP contribution in [0.2, 0.25) is 0 Å². The van der Waals surface area contributed by atoms with E-state index in [-0.39, 0.29) is 0 Å². The lowest BCUT2D eigenvalue weighted by molar-refractivity contribution is 0.0379. The molecule has 1 aliphatic heterocycles. The molecule has 1 aliphatic carbocycles. The minimum absolute atomic E-state index is 0.742. The van der Waals surface area contributed by atoms with E-state index in [9.17, 15) is 0 Å². The molecule has 0 aromatic carbocycles. The van der Waals surface area contributed by atoms with Gasteiger partial charge in [0.1, 0.15) is 0 Å². The fourth-order valence-electron chi connectivity index (χ4n) is 3.93. The Bertz CT molecular complexity index is 192. The van der Waals surface area contributed by atoms with Crippen molar-refractivity contribution < 1.29 is 0 Å². The molecular formula is C14H27N. The molecule has 1 heterocycles. The van der Waals surface area contributed by atoms with Gasteiger partial charge in [0, 0.05) is 0 Å². The van der Waals surface area contributed by atoms with Gasteiger partial charge in [-0.05, 0) is 62.4 Å². The highest BCUT2D eigenvalue weighted by Crippen LogP contribution is 2.49. The number of nitrogens with one attached hydrogen (secondary N) is 1. The fourth-order valence-corrected chi connectivity index (χ4v) is 3.93. The molecular weight excluding hydrogens is 182 g/mol. The summed E-state index contributed by atoms with van der Waals surface area (Å²) in [6, 6.07) is 0. The SMILES string of the molecule is CCC1CCC2(CCNCC2CC)CC1. The van der Waals surface area contributed by atoms with Gasteiger partial charge in [0.05, 0.1) is 0 Å². The maximum atomic E-state index is 3.58. The van der Waals surface area contributed by atoms with Gasteiger partial charge in [-0.25, -0.2) is 0 Å². The molecule has 1 nitrogen and oxygen atoms in total. The summed E-state index contributed by atoms with van der Waals surface area (Å²) in [7, 11) is 0. The highest BCUT2D eigenvalue weighted by molar-refractivity contribution is 4.94. The van der Waals surface area contributed by atoms with Gasteiger partial charge in [-0.1, -0.05) is 26.7 Å².